The van der Waals surface area contributed by atoms with E-state index in [9.17, 15) is 18.0 Å². The van der Waals surface area contributed by atoms with Gasteiger partial charge in [-0.25, -0.2) is 0 Å². The molecule has 2 fully saturated rings. The average Bonchev–Trinajstić information content (AvgIpc) is 2.90. The molecule has 0 unspecified atom stereocenters. The van der Waals surface area contributed by atoms with Gasteiger partial charge in [0.15, 0.2) is 0 Å². The first-order valence-corrected chi connectivity index (χ1v) is 7.58. The number of rotatable bonds is 1. The van der Waals surface area contributed by atoms with Crippen molar-refractivity contribution in [1.82, 2.24) is 10.2 Å². The van der Waals surface area contributed by atoms with Gasteiger partial charge in [0.2, 0.25) is 0 Å². The minimum absolute atomic E-state index is 0.0914. The molecule has 120 valence electrons. The Bertz CT molecular complexity index is 565. The van der Waals surface area contributed by atoms with E-state index in [-0.39, 0.29) is 11.0 Å². The normalized spacial score (nSPS) is 21.3. The first-order valence-electron chi connectivity index (χ1n) is 7.58. The Hall–Kier alpha value is -1.56. The predicted octanol–water partition coefficient (Wildman–Crippen LogP) is 2.92. The van der Waals surface area contributed by atoms with Gasteiger partial charge in [0.25, 0.3) is 5.91 Å². The van der Waals surface area contributed by atoms with Gasteiger partial charge >= 0.3 is 6.18 Å². The number of benzene rings is 1. The monoisotopic (exact) mass is 312 g/mol. The highest BCUT2D eigenvalue weighted by atomic mass is 19.4. The van der Waals surface area contributed by atoms with Crippen LogP contribution in [0.15, 0.2) is 24.3 Å². The molecule has 0 saturated carbocycles. The molecule has 1 aromatic carbocycles. The summed E-state index contributed by atoms with van der Waals surface area (Å²) in [7, 11) is 0. The molecule has 0 atom stereocenters. The van der Waals surface area contributed by atoms with Gasteiger partial charge in [-0.05, 0) is 49.9 Å². The fraction of sp³-hybridized carbons (Fsp3) is 0.562. The first kappa shape index (κ1) is 15.3. The molecule has 0 aliphatic carbocycles. The van der Waals surface area contributed by atoms with Crippen LogP contribution in [0.2, 0.25) is 0 Å². The summed E-state index contributed by atoms with van der Waals surface area (Å²) in [5.41, 5.74) is -0.985. The third-order valence-corrected chi connectivity index (χ3v) is 4.85. The fourth-order valence-corrected chi connectivity index (χ4v) is 3.56. The SMILES string of the molecule is O=C(c1ccccc1C(F)(F)F)N1CCC2(CCNCC2)C1. The number of likely N-dealkylation sites (tertiary alicyclic amines) is 1. The van der Waals surface area contributed by atoms with Crippen molar-refractivity contribution in [2.75, 3.05) is 26.2 Å². The van der Waals surface area contributed by atoms with Gasteiger partial charge in [-0.2, -0.15) is 13.2 Å². The number of amides is 1. The van der Waals surface area contributed by atoms with Crippen LogP contribution in [-0.4, -0.2) is 37.0 Å². The molecule has 2 heterocycles. The molecule has 6 heteroatoms. The Balaban J connectivity index is 1.81. The van der Waals surface area contributed by atoms with Crippen LogP contribution in [0, 0.1) is 5.41 Å². The van der Waals surface area contributed by atoms with Crippen molar-refractivity contribution in [2.45, 2.75) is 25.4 Å². The van der Waals surface area contributed by atoms with E-state index >= 15 is 0 Å². The average molecular weight is 312 g/mol. The van der Waals surface area contributed by atoms with Crippen LogP contribution in [-0.2, 0) is 6.18 Å². The van der Waals surface area contributed by atoms with Crippen molar-refractivity contribution in [3.8, 4) is 0 Å². The second-order valence-corrected chi connectivity index (χ2v) is 6.27. The van der Waals surface area contributed by atoms with Crippen LogP contribution in [0.3, 0.4) is 0 Å². The van der Waals surface area contributed by atoms with Crippen LogP contribution < -0.4 is 5.32 Å². The molecule has 1 aromatic rings. The van der Waals surface area contributed by atoms with E-state index in [4.69, 9.17) is 0 Å². The Morgan fingerprint density at radius 3 is 2.50 bits per heavy atom. The number of hydrogen-bond donors (Lipinski definition) is 1. The second-order valence-electron chi connectivity index (χ2n) is 6.27. The lowest BCUT2D eigenvalue weighted by atomic mass is 9.78. The van der Waals surface area contributed by atoms with Crippen molar-refractivity contribution in [2.24, 2.45) is 5.41 Å². The lowest BCUT2D eigenvalue weighted by molar-refractivity contribution is -0.138. The van der Waals surface area contributed by atoms with Crippen LogP contribution in [0.4, 0.5) is 13.2 Å². The van der Waals surface area contributed by atoms with Crippen LogP contribution in [0.25, 0.3) is 0 Å². The Morgan fingerprint density at radius 2 is 1.82 bits per heavy atom. The molecule has 1 amide bonds. The van der Waals surface area contributed by atoms with E-state index in [0.717, 1.165) is 38.4 Å². The van der Waals surface area contributed by atoms with Crippen molar-refractivity contribution in [3.05, 3.63) is 35.4 Å². The number of nitrogens with one attached hydrogen (secondary N) is 1. The van der Waals surface area contributed by atoms with Gasteiger partial charge in [0.05, 0.1) is 11.1 Å². The molecule has 22 heavy (non-hydrogen) atoms. The van der Waals surface area contributed by atoms with Gasteiger partial charge in [-0.3, -0.25) is 4.79 Å². The highest BCUT2D eigenvalue weighted by Crippen LogP contribution is 2.40. The molecule has 3 rings (SSSR count). The second kappa shape index (κ2) is 5.57. The Labute approximate surface area is 127 Å². The van der Waals surface area contributed by atoms with Crippen LogP contribution in [0.1, 0.15) is 35.2 Å². The van der Waals surface area contributed by atoms with E-state index < -0.39 is 17.6 Å². The smallest absolute Gasteiger partial charge is 0.338 e. The maximum Gasteiger partial charge on any atom is 0.417 e. The molecule has 2 aliphatic rings. The molecule has 0 bridgehead atoms. The lowest BCUT2D eigenvalue weighted by Crippen LogP contribution is -2.40. The number of alkyl halides is 3. The Morgan fingerprint density at radius 1 is 1.14 bits per heavy atom. The lowest BCUT2D eigenvalue weighted by Gasteiger charge is -2.33. The number of carbonyl (C=O) groups excluding carboxylic acids is 1. The minimum atomic E-state index is -4.50. The van der Waals surface area contributed by atoms with E-state index in [2.05, 4.69) is 5.32 Å². The van der Waals surface area contributed by atoms with Gasteiger partial charge in [0.1, 0.15) is 0 Å². The fourth-order valence-electron chi connectivity index (χ4n) is 3.56. The van der Waals surface area contributed by atoms with E-state index in [1.165, 1.54) is 18.2 Å². The molecule has 0 radical (unpaired) electrons. The zero-order chi connectivity index (χ0) is 15.8. The van der Waals surface area contributed by atoms with E-state index in [0.29, 0.717) is 13.1 Å². The maximum absolute atomic E-state index is 13.1. The summed E-state index contributed by atoms with van der Waals surface area (Å²) in [6.07, 6.45) is -1.65. The van der Waals surface area contributed by atoms with Crippen molar-refractivity contribution in [3.63, 3.8) is 0 Å². The summed E-state index contributed by atoms with van der Waals surface area (Å²) >= 11 is 0. The number of halogens is 3. The summed E-state index contributed by atoms with van der Waals surface area (Å²) in [6, 6.07) is 5.05. The highest BCUT2D eigenvalue weighted by molar-refractivity contribution is 5.96. The molecule has 1 spiro atoms. The van der Waals surface area contributed by atoms with Gasteiger partial charge < -0.3 is 10.2 Å². The van der Waals surface area contributed by atoms with E-state index in [1.54, 1.807) is 4.90 Å². The Kier molecular flexibility index (Phi) is 3.89. The zero-order valence-corrected chi connectivity index (χ0v) is 12.2. The molecular formula is C16H19F3N2O. The standard InChI is InChI=1S/C16H19F3N2O/c17-16(18,19)13-4-2-1-3-12(13)14(22)21-10-7-15(11-21)5-8-20-9-6-15/h1-4,20H,5-11H2. The van der Waals surface area contributed by atoms with Gasteiger partial charge in [0, 0.05) is 13.1 Å². The zero-order valence-electron chi connectivity index (χ0n) is 12.2. The third-order valence-electron chi connectivity index (χ3n) is 4.85. The quantitative estimate of drug-likeness (QED) is 0.865. The topological polar surface area (TPSA) is 32.3 Å². The predicted molar refractivity (Wildman–Crippen MR) is 76.5 cm³/mol. The van der Waals surface area contributed by atoms with Crippen molar-refractivity contribution < 1.29 is 18.0 Å². The van der Waals surface area contributed by atoms with Crippen molar-refractivity contribution >= 4 is 5.91 Å². The summed E-state index contributed by atoms with van der Waals surface area (Å²) in [5.74, 6) is -0.497. The first-order chi connectivity index (χ1) is 10.4. The molecule has 2 aliphatic heterocycles. The summed E-state index contributed by atoms with van der Waals surface area (Å²) in [4.78, 5) is 14.1. The molecule has 2 saturated heterocycles. The van der Waals surface area contributed by atoms with Crippen molar-refractivity contribution in [1.29, 1.82) is 0 Å². The summed E-state index contributed by atoms with van der Waals surface area (Å²) in [6.45, 7) is 2.95. The molecular weight excluding hydrogens is 293 g/mol. The van der Waals surface area contributed by atoms with Crippen LogP contribution >= 0.6 is 0 Å². The number of nitrogens with zero attached hydrogens (tertiary/aromatic N) is 1. The van der Waals surface area contributed by atoms with Crippen LogP contribution in [0.5, 0.6) is 0 Å². The largest absolute Gasteiger partial charge is 0.417 e. The highest BCUT2D eigenvalue weighted by Gasteiger charge is 2.42. The third kappa shape index (κ3) is 2.84. The molecule has 0 aromatic heterocycles. The van der Waals surface area contributed by atoms with Gasteiger partial charge in [-0.1, -0.05) is 12.1 Å². The number of piperidine rings is 1. The molecule has 1 N–H and O–H groups in total. The molecule has 3 nitrogen and oxygen atoms in total. The van der Waals surface area contributed by atoms with Gasteiger partial charge in [-0.15, -0.1) is 0 Å². The number of hydrogen-bond acceptors (Lipinski definition) is 2. The maximum atomic E-state index is 13.1. The minimum Gasteiger partial charge on any atom is -0.338 e. The summed E-state index contributed by atoms with van der Waals surface area (Å²) < 4.78 is 39.2. The van der Waals surface area contributed by atoms with E-state index in [1.807, 2.05) is 0 Å². The number of carbonyl (C=O) groups is 1. The summed E-state index contributed by atoms with van der Waals surface area (Å²) in [5, 5.41) is 3.29.